The second kappa shape index (κ2) is 7.30. The lowest BCUT2D eigenvalue weighted by Crippen LogP contribution is -2.39. The number of aromatic nitrogens is 4. The van der Waals surface area contributed by atoms with Crippen molar-refractivity contribution in [3.63, 3.8) is 0 Å². The van der Waals surface area contributed by atoms with Crippen LogP contribution in [0.3, 0.4) is 0 Å². The molecule has 0 radical (unpaired) electrons. The second-order valence-corrected chi connectivity index (χ2v) is 6.10. The molecule has 0 unspecified atom stereocenters. The molecular weight excluding hydrogens is 349 g/mol. The standard InChI is InChI=1S/C16H21F3N6O/c1-8-6-12(16(17,18)19)22-13(21-8)7-20-15(26)25(5)11(4)14-9(2)23-24-10(14)3/h6,11H,7H2,1-5H3,(H,20,26)(H,23,24)/t11-/m0/s1. The average Bonchev–Trinajstić information content (AvgIpc) is 2.88. The highest BCUT2D eigenvalue weighted by Crippen LogP contribution is 2.28. The number of urea groups is 1. The highest BCUT2D eigenvalue weighted by Gasteiger charge is 2.33. The number of aromatic amines is 1. The zero-order chi connectivity index (χ0) is 19.6. The van der Waals surface area contributed by atoms with Gasteiger partial charge in [-0.1, -0.05) is 0 Å². The van der Waals surface area contributed by atoms with Gasteiger partial charge >= 0.3 is 12.2 Å². The molecule has 7 nitrogen and oxygen atoms in total. The Morgan fingerprint density at radius 2 is 1.96 bits per heavy atom. The molecule has 26 heavy (non-hydrogen) atoms. The van der Waals surface area contributed by atoms with Gasteiger partial charge in [-0.25, -0.2) is 14.8 Å². The SMILES string of the molecule is Cc1cc(C(F)(F)F)nc(CNC(=O)N(C)[C@@H](C)c2c(C)n[nH]c2C)n1. The molecule has 0 saturated carbocycles. The minimum Gasteiger partial charge on any atom is -0.331 e. The van der Waals surface area contributed by atoms with Gasteiger partial charge in [-0.3, -0.25) is 5.10 Å². The molecule has 2 N–H and O–H groups in total. The maximum atomic E-state index is 12.8. The van der Waals surface area contributed by atoms with Gasteiger partial charge in [0.1, 0.15) is 11.5 Å². The summed E-state index contributed by atoms with van der Waals surface area (Å²) in [6.07, 6.45) is -4.56. The summed E-state index contributed by atoms with van der Waals surface area (Å²) >= 11 is 0. The first-order chi connectivity index (χ1) is 12.0. The molecule has 0 spiro atoms. The van der Waals surface area contributed by atoms with Crippen LogP contribution in [0.4, 0.5) is 18.0 Å². The Labute approximate surface area is 149 Å². The number of nitrogens with zero attached hydrogens (tertiary/aromatic N) is 4. The van der Waals surface area contributed by atoms with E-state index in [1.165, 1.54) is 11.8 Å². The number of aryl methyl sites for hydroxylation is 3. The maximum Gasteiger partial charge on any atom is 0.433 e. The Kier molecular flexibility index (Phi) is 5.53. The monoisotopic (exact) mass is 370 g/mol. The van der Waals surface area contributed by atoms with Crippen molar-refractivity contribution in [3.8, 4) is 0 Å². The number of carbonyl (C=O) groups is 1. The summed E-state index contributed by atoms with van der Waals surface area (Å²) in [5.41, 5.74) is 1.69. The van der Waals surface area contributed by atoms with Crippen molar-refractivity contribution in [1.29, 1.82) is 0 Å². The smallest absolute Gasteiger partial charge is 0.331 e. The van der Waals surface area contributed by atoms with Crippen molar-refractivity contribution in [3.05, 3.63) is 40.2 Å². The van der Waals surface area contributed by atoms with Crippen LogP contribution in [-0.4, -0.2) is 38.1 Å². The number of amides is 2. The number of hydrogen-bond donors (Lipinski definition) is 2. The van der Waals surface area contributed by atoms with E-state index in [0.29, 0.717) is 0 Å². The fourth-order valence-corrected chi connectivity index (χ4v) is 2.68. The number of carbonyl (C=O) groups excluding carboxylic acids is 1. The molecule has 10 heteroatoms. The van der Waals surface area contributed by atoms with Crippen LogP contribution in [0.25, 0.3) is 0 Å². The number of alkyl halides is 3. The Morgan fingerprint density at radius 3 is 2.50 bits per heavy atom. The van der Waals surface area contributed by atoms with E-state index in [1.807, 2.05) is 20.8 Å². The summed E-state index contributed by atoms with van der Waals surface area (Å²) in [6.45, 7) is 6.78. The van der Waals surface area contributed by atoms with Crippen molar-refractivity contribution in [2.24, 2.45) is 0 Å². The predicted octanol–water partition coefficient (Wildman–Crippen LogP) is 3.05. The second-order valence-electron chi connectivity index (χ2n) is 6.10. The van der Waals surface area contributed by atoms with E-state index in [1.54, 1.807) is 7.05 Å². The predicted molar refractivity (Wildman–Crippen MR) is 88.2 cm³/mol. The van der Waals surface area contributed by atoms with Crippen LogP contribution >= 0.6 is 0 Å². The molecule has 2 rings (SSSR count). The molecule has 0 aliphatic carbocycles. The number of halogens is 3. The average molecular weight is 370 g/mol. The molecule has 2 amide bonds. The molecule has 2 aromatic heterocycles. The van der Waals surface area contributed by atoms with E-state index >= 15 is 0 Å². The van der Waals surface area contributed by atoms with Crippen LogP contribution < -0.4 is 5.32 Å². The van der Waals surface area contributed by atoms with E-state index in [2.05, 4.69) is 25.5 Å². The molecular formula is C16H21F3N6O. The van der Waals surface area contributed by atoms with Crippen molar-refractivity contribution >= 4 is 6.03 Å². The Morgan fingerprint density at radius 1 is 1.31 bits per heavy atom. The zero-order valence-electron chi connectivity index (χ0n) is 15.2. The normalized spacial score (nSPS) is 12.8. The van der Waals surface area contributed by atoms with Gasteiger partial charge in [-0.2, -0.15) is 18.3 Å². The quantitative estimate of drug-likeness (QED) is 0.866. The summed E-state index contributed by atoms with van der Waals surface area (Å²) in [5, 5.41) is 9.52. The van der Waals surface area contributed by atoms with Crippen LogP contribution in [0, 0.1) is 20.8 Å². The van der Waals surface area contributed by atoms with Gasteiger partial charge in [0.2, 0.25) is 0 Å². The van der Waals surface area contributed by atoms with E-state index in [0.717, 1.165) is 23.0 Å². The van der Waals surface area contributed by atoms with Crippen molar-refractivity contribution in [1.82, 2.24) is 30.4 Å². The lowest BCUT2D eigenvalue weighted by atomic mass is 10.1. The van der Waals surface area contributed by atoms with Crippen LogP contribution in [0.5, 0.6) is 0 Å². The molecule has 142 valence electrons. The number of nitrogens with one attached hydrogen (secondary N) is 2. The van der Waals surface area contributed by atoms with Crippen LogP contribution in [0.2, 0.25) is 0 Å². The lowest BCUT2D eigenvalue weighted by Gasteiger charge is -2.25. The van der Waals surface area contributed by atoms with Gasteiger partial charge in [0.15, 0.2) is 0 Å². The highest BCUT2D eigenvalue weighted by atomic mass is 19.4. The first kappa shape index (κ1) is 19.7. The van der Waals surface area contributed by atoms with E-state index in [9.17, 15) is 18.0 Å². The first-order valence-electron chi connectivity index (χ1n) is 7.94. The zero-order valence-corrected chi connectivity index (χ0v) is 15.2. The third-order valence-corrected chi connectivity index (χ3v) is 4.09. The number of H-pyrrole nitrogens is 1. The van der Waals surface area contributed by atoms with Crippen molar-refractivity contribution < 1.29 is 18.0 Å². The summed E-state index contributed by atoms with van der Waals surface area (Å²) in [5.74, 6) is -0.0950. The molecule has 2 aromatic rings. The van der Waals surface area contributed by atoms with Crippen LogP contribution in [0.1, 0.15) is 47.1 Å². The van der Waals surface area contributed by atoms with E-state index in [-0.39, 0.29) is 24.1 Å². The number of hydrogen-bond acceptors (Lipinski definition) is 4. The van der Waals surface area contributed by atoms with Crippen LogP contribution in [0.15, 0.2) is 6.07 Å². The Bertz CT molecular complexity index is 782. The fourth-order valence-electron chi connectivity index (χ4n) is 2.68. The minimum absolute atomic E-state index is 0.0950. The third kappa shape index (κ3) is 4.30. The fraction of sp³-hybridized carbons (Fsp3) is 0.500. The number of rotatable bonds is 4. The molecule has 0 saturated heterocycles. The summed E-state index contributed by atoms with van der Waals surface area (Å²) in [4.78, 5) is 21.2. The maximum absolute atomic E-state index is 12.8. The van der Waals surface area contributed by atoms with Gasteiger partial charge in [0.25, 0.3) is 0 Å². The van der Waals surface area contributed by atoms with E-state index in [4.69, 9.17) is 0 Å². The summed E-state index contributed by atoms with van der Waals surface area (Å²) < 4.78 is 38.5. The minimum atomic E-state index is -4.56. The van der Waals surface area contributed by atoms with Crippen molar-refractivity contribution in [2.75, 3.05) is 7.05 Å². The Hall–Kier alpha value is -2.65. The largest absolute Gasteiger partial charge is 0.433 e. The van der Waals surface area contributed by atoms with E-state index < -0.39 is 17.9 Å². The molecule has 0 fully saturated rings. The molecule has 0 aromatic carbocycles. The highest BCUT2D eigenvalue weighted by molar-refractivity contribution is 5.74. The van der Waals surface area contributed by atoms with Gasteiger partial charge < -0.3 is 10.2 Å². The van der Waals surface area contributed by atoms with Crippen molar-refractivity contribution in [2.45, 2.75) is 46.5 Å². The Balaban J connectivity index is 2.08. The molecule has 0 bridgehead atoms. The molecule has 0 aliphatic rings. The summed E-state index contributed by atoms with van der Waals surface area (Å²) in [7, 11) is 1.60. The van der Waals surface area contributed by atoms with Crippen LogP contribution in [-0.2, 0) is 12.7 Å². The van der Waals surface area contributed by atoms with Gasteiger partial charge in [0.05, 0.1) is 18.3 Å². The summed E-state index contributed by atoms with van der Waals surface area (Å²) in [6, 6.07) is 0.151. The molecule has 0 aliphatic heterocycles. The first-order valence-corrected chi connectivity index (χ1v) is 7.94. The molecule has 2 heterocycles. The van der Waals surface area contributed by atoms with Gasteiger partial charge in [-0.05, 0) is 33.8 Å². The van der Waals surface area contributed by atoms with Gasteiger partial charge in [0, 0.05) is 24.0 Å². The van der Waals surface area contributed by atoms with Gasteiger partial charge in [-0.15, -0.1) is 0 Å². The topological polar surface area (TPSA) is 86.8 Å². The lowest BCUT2D eigenvalue weighted by molar-refractivity contribution is -0.141. The molecule has 1 atom stereocenters. The third-order valence-electron chi connectivity index (χ3n) is 4.09.